The molecule has 0 saturated heterocycles. The lowest BCUT2D eigenvalue weighted by Gasteiger charge is -2.15. The van der Waals surface area contributed by atoms with Crippen LogP contribution in [0.1, 0.15) is 32.2 Å². The number of aromatic nitrogens is 5. The second kappa shape index (κ2) is 5.05. The van der Waals surface area contributed by atoms with Gasteiger partial charge in [0.1, 0.15) is 5.82 Å². The molecule has 0 spiro atoms. The van der Waals surface area contributed by atoms with Crippen molar-refractivity contribution in [3.8, 4) is 0 Å². The Balaban J connectivity index is 1.96. The molecule has 0 saturated carbocycles. The Kier molecular flexibility index (Phi) is 3.21. The molecule has 21 heavy (non-hydrogen) atoms. The van der Waals surface area contributed by atoms with Crippen LogP contribution < -0.4 is 0 Å². The Hall–Kier alpha value is -2.63. The molecule has 0 fully saturated rings. The van der Waals surface area contributed by atoms with Crippen LogP contribution in [0.3, 0.4) is 0 Å². The van der Waals surface area contributed by atoms with Crippen molar-refractivity contribution in [2.24, 2.45) is 5.10 Å². The van der Waals surface area contributed by atoms with Crippen LogP contribution in [0.5, 0.6) is 0 Å². The summed E-state index contributed by atoms with van der Waals surface area (Å²) < 4.78 is 0. The van der Waals surface area contributed by atoms with Crippen molar-refractivity contribution in [2.45, 2.75) is 26.2 Å². The third-order valence-corrected chi connectivity index (χ3v) is 2.98. The molecule has 0 aliphatic carbocycles. The van der Waals surface area contributed by atoms with E-state index in [9.17, 15) is 0 Å². The first-order valence-corrected chi connectivity index (χ1v) is 6.72. The fraction of sp³-hybridized carbons (Fsp3) is 0.267. The maximum Gasteiger partial charge on any atom is 0.207 e. The SMILES string of the molecule is CC(C)(C)c1ncc2c(nnn2/N=C\c2ccccc2)n1. The van der Waals surface area contributed by atoms with Gasteiger partial charge in [-0.25, -0.2) is 9.97 Å². The summed E-state index contributed by atoms with van der Waals surface area (Å²) in [6.07, 6.45) is 3.44. The van der Waals surface area contributed by atoms with E-state index in [0.29, 0.717) is 11.2 Å². The lowest BCUT2D eigenvalue weighted by Crippen LogP contribution is -2.15. The summed E-state index contributed by atoms with van der Waals surface area (Å²) in [5.41, 5.74) is 2.12. The third-order valence-electron chi connectivity index (χ3n) is 2.98. The number of nitrogens with zero attached hydrogens (tertiary/aromatic N) is 6. The topological polar surface area (TPSA) is 68.8 Å². The minimum Gasteiger partial charge on any atom is -0.238 e. The van der Waals surface area contributed by atoms with Gasteiger partial charge in [0, 0.05) is 5.41 Å². The molecular formula is C15H16N6. The van der Waals surface area contributed by atoms with Crippen LogP contribution in [0, 0.1) is 0 Å². The van der Waals surface area contributed by atoms with Gasteiger partial charge in [-0.3, -0.25) is 0 Å². The van der Waals surface area contributed by atoms with E-state index in [1.807, 2.05) is 30.3 Å². The van der Waals surface area contributed by atoms with E-state index in [-0.39, 0.29) is 5.41 Å². The minimum absolute atomic E-state index is 0.120. The Morgan fingerprint density at radius 1 is 1.14 bits per heavy atom. The molecule has 0 bridgehead atoms. The molecule has 1 aromatic carbocycles. The monoisotopic (exact) mass is 280 g/mol. The van der Waals surface area contributed by atoms with Gasteiger partial charge in [-0.1, -0.05) is 51.1 Å². The molecule has 2 aromatic heterocycles. The first-order chi connectivity index (χ1) is 10.0. The number of fused-ring (bicyclic) bond motifs is 1. The van der Waals surface area contributed by atoms with Crippen molar-refractivity contribution < 1.29 is 0 Å². The lowest BCUT2D eigenvalue weighted by molar-refractivity contribution is 0.547. The van der Waals surface area contributed by atoms with Crippen LogP contribution in [-0.4, -0.2) is 31.3 Å². The van der Waals surface area contributed by atoms with Gasteiger partial charge in [0.05, 0.1) is 12.4 Å². The molecule has 2 heterocycles. The van der Waals surface area contributed by atoms with Crippen LogP contribution in [-0.2, 0) is 5.41 Å². The first-order valence-electron chi connectivity index (χ1n) is 6.72. The number of hydrogen-bond acceptors (Lipinski definition) is 5. The molecule has 0 amide bonds. The van der Waals surface area contributed by atoms with Crippen molar-refractivity contribution in [1.82, 2.24) is 25.1 Å². The zero-order valence-corrected chi connectivity index (χ0v) is 12.2. The molecule has 106 valence electrons. The summed E-state index contributed by atoms with van der Waals surface area (Å²) in [5, 5.41) is 12.3. The fourth-order valence-corrected chi connectivity index (χ4v) is 1.82. The molecule has 6 heteroatoms. The molecule has 0 atom stereocenters. The van der Waals surface area contributed by atoms with Crippen LogP contribution in [0.2, 0.25) is 0 Å². The fourth-order valence-electron chi connectivity index (χ4n) is 1.82. The van der Waals surface area contributed by atoms with Crippen LogP contribution >= 0.6 is 0 Å². The van der Waals surface area contributed by atoms with Crippen LogP contribution in [0.4, 0.5) is 0 Å². The molecule has 0 unspecified atom stereocenters. The molecule has 0 aliphatic heterocycles. The highest BCUT2D eigenvalue weighted by Crippen LogP contribution is 2.19. The van der Waals surface area contributed by atoms with Gasteiger partial charge >= 0.3 is 0 Å². The zero-order valence-electron chi connectivity index (χ0n) is 12.2. The van der Waals surface area contributed by atoms with Gasteiger partial charge in [-0.2, -0.15) is 5.10 Å². The van der Waals surface area contributed by atoms with Crippen molar-refractivity contribution in [2.75, 3.05) is 0 Å². The Morgan fingerprint density at radius 2 is 1.90 bits per heavy atom. The highest BCUT2D eigenvalue weighted by molar-refractivity contribution is 5.80. The van der Waals surface area contributed by atoms with Gasteiger partial charge < -0.3 is 0 Å². The molecule has 0 aliphatic rings. The quantitative estimate of drug-likeness (QED) is 0.676. The Bertz CT molecular complexity index is 783. The average molecular weight is 280 g/mol. The second-order valence-electron chi connectivity index (χ2n) is 5.79. The van der Waals surface area contributed by atoms with E-state index < -0.39 is 0 Å². The third kappa shape index (κ3) is 2.79. The van der Waals surface area contributed by atoms with Crippen LogP contribution in [0.25, 0.3) is 11.2 Å². The minimum atomic E-state index is -0.120. The summed E-state index contributed by atoms with van der Waals surface area (Å²) in [5.74, 6) is 0.745. The largest absolute Gasteiger partial charge is 0.238 e. The zero-order chi connectivity index (χ0) is 14.9. The lowest BCUT2D eigenvalue weighted by atomic mass is 9.96. The standard InChI is InChI=1S/C15H16N6/c1-15(2,3)14-16-10-12-13(18-14)19-20-21(12)17-9-11-7-5-4-6-8-11/h4-10H,1-3H3/b17-9-. The smallest absolute Gasteiger partial charge is 0.207 e. The van der Waals surface area contributed by atoms with Gasteiger partial charge in [0.25, 0.3) is 0 Å². The molecule has 0 radical (unpaired) electrons. The molecule has 3 rings (SSSR count). The van der Waals surface area contributed by atoms with Gasteiger partial charge in [-0.05, 0) is 10.8 Å². The maximum absolute atomic E-state index is 4.44. The summed E-state index contributed by atoms with van der Waals surface area (Å²) in [6, 6.07) is 9.82. The summed E-state index contributed by atoms with van der Waals surface area (Å²) in [6.45, 7) is 6.18. The maximum atomic E-state index is 4.44. The highest BCUT2D eigenvalue weighted by atomic mass is 15.6. The Morgan fingerprint density at radius 3 is 2.62 bits per heavy atom. The van der Waals surface area contributed by atoms with Gasteiger partial charge in [0.15, 0.2) is 5.52 Å². The predicted octanol–water partition coefficient (Wildman–Crippen LogP) is 2.40. The summed E-state index contributed by atoms with van der Waals surface area (Å²) in [7, 11) is 0. The van der Waals surface area contributed by atoms with Crippen molar-refractivity contribution in [3.63, 3.8) is 0 Å². The van der Waals surface area contributed by atoms with Crippen molar-refractivity contribution in [3.05, 3.63) is 47.9 Å². The van der Waals surface area contributed by atoms with Gasteiger partial charge in [0.2, 0.25) is 5.65 Å². The van der Waals surface area contributed by atoms with Crippen molar-refractivity contribution >= 4 is 17.4 Å². The van der Waals surface area contributed by atoms with E-state index in [2.05, 4.69) is 46.2 Å². The van der Waals surface area contributed by atoms with E-state index in [1.165, 1.54) is 4.79 Å². The van der Waals surface area contributed by atoms with E-state index in [1.54, 1.807) is 12.4 Å². The van der Waals surface area contributed by atoms with E-state index in [4.69, 9.17) is 0 Å². The predicted molar refractivity (Wildman–Crippen MR) is 81.3 cm³/mol. The summed E-state index contributed by atoms with van der Waals surface area (Å²) >= 11 is 0. The number of rotatable bonds is 2. The van der Waals surface area contributed by atoms with Crippen LogP contribution in [0.15, 0.2) is 41.6 Å². The molecular weight excluding hydrogens is 264 g/mol. The van der Waals surface area contributed by atoms with Gasteiger partial charge in [-0.15, -0.1) is 9.89 Å². The normalized spacial score (nSPS) is 12.3. The molecule has 0 N–H and O–H groups in total. The van der Waals surface area contributed by atoms with E-state index in [0.717, 1.165) is 11.4 Å². The molecule has 3 aromatic rings. The number of hydrogen-bond donors (Lipinski definition) is 0. The highest BCUT2D eigenvalue weighted by Gasteiger charge is 2.19. The second-order valence-corrected chi connectivity index (χ2v) is 5.79. The Labute approximate surface area is 122 Å². The first kappa shape index (κ1) is 13.4. The van der Waals surface area contributed by atoms with Crippen molar-refractivity contribution in [1.29, 1.82) is 0 Å². The van der Waals surface area contributed by atoms with E-state index >= 15 is 0 Å². The average Bonchev–Trinajstić information content (AvgIpc) is 2.87. The molecule has 6 nitrogen and oxygen atoms in total. The number of benzene rings is 1. The summed E-state index contributed by atoms with van der Waals surface area (Å²) in [4.78, 5) is 10.3.